The van der Waals surface area contributed by atoms with Crippen LogP contribution in [-0.4, -0.2) is 40.2 Å². The third-order valence-electron chi connectivity index (χ3n) is 4.56. The average molecular weight is 349 g/mol. The summed E-state index contributed by atoms with van der Waals surface area (Å²) in [6.45, 7) is 6.63. The molecule has 0 saturated carbocycles. The predicted octanol–water partition coefficient (Wildman–Crippen LogP) is 3.25. The molecule has 0 spiro atoms. The highest BCUT2D eigenvalue weighted by atomic mass is 16.5. The van der Waals surface area contributed by atoms with Crippen LogP contribution in [0.5, 0.6) is 0 Å². The Morgan fingerprint density at radius 1 is 1.04 bits per heavy atom. The number of nitrogens with one attached hydrogen (secondary N) is 1. The SMILES string of the molecule is C[C@H]1CN(c2ccc(CNc3ncnc4ccccc34)cn2)C[C@H](C)O1. The van der Waals surface area contributed by atoms with Gasteiger partial charge in [0.1, 0.15) is 18.0 Å². The molecule has 1 saturated heterocycles. The topological polar surface area (TPSA) is 63.2 Å². The molecule has 3 aromatic rings. The van der Waals surface area contributed by atoms with Crippen LogP contribution in [0.4, 0.5) is 11.6 Å². The Balaban J connectivity index is 1.44. The first-order valence-corrected chi connectivity index (χ1v) is 8.98. The van der Waals surface area contributed by atoms with Crippen LogP contribution in [-0.2, 0) is 11.3 Å². The van der Waals surface area contributed by atoms with E-state index in [4.69, 9.17) is 4.74 Å². The molecular formula is C20H23N5O. The summed E-state index contributed by atoms with van der Waals surface area (Å²) in [5.41, 5.74) is 2.06. The Morgan fingerprint density at radius 2 is 1.85 bits per heavy atom. The molecule has 1 aliphatic heterocycles. The molecule has 4 rings (SSSR count). The number of aromatic nitrogens is 3. The van der Waals surface area contributed by atoms with Gasteiger partial charge >= 0.3 is 0 Å². The lowest BCUT2D eigenvalue weighted by molar-refractivity contribution is -0.00545. The smallest absolute Gasteiger partial charge is 0.137 e. The number of fused-ring (bicyclic) bond motifs is 1. The molecule has 2 atom stereocenters. The Kier molecular flexibility index (Phi) is 4.67. The summed E-state index contributed by atoms with van der Waals surface area (Å²) in [4.78, 5) is 15.6. The molecule has 1 fully saturated rings. The van der Waals surface area contributed by atoms with E-state index >= 15 is 0 Å². The zero-order valence-electron chi connectivity index (χ0n) is 15.1. The van der Waals surface area contributed by atoms with Crippen molar-refractivity contribution in [1.82, 2.24) is 15.0 Å². The van der Waals surface area contributed by atoms with Crippen LogP contribution in [0.25, 0.3) is 10.9 Å². The summed E-state index contributed by atoms with van der Waals surface area (Å²) in [6, 6.07) is 12.2. The molecule has 2 aromatic heterocycles. The molecule has 0 aliphatic carbocycles. The Morgan fingerprint density at radius 3 is 2.62 bits per heavy atom. The van der Waals surface area contributed by atoms with Gasteiger partial charge in [0.25, 0.3) is 0 Å². The first-order chi connectivity index (χ1) is 12.7. The molecular weight excluding hydrogens is 326 g/mol. The molecule has 134 valence electrons. The molecule has 6 heteroatoms. The molecule has 0 radical (unpaired) electrons. The van der Waals surface area contributed by atoms with E-state index in [1.807, 2.05) is 30.5 Å². The first kappa shape index (κ1) is 16.7. The van der Waals surface area contributed by atoms with E-state index in [2.05, 4.69) is 51.1 Å². The fraction of sp³-hybridized carbons (Fsp3) is 0.350. The number of para-hydroxylation sites is 1. The van der Waals surface area contributed by atoms with Gasteiger partial charge in [-0.1, -0.05) is 18.2 Å². The number of morpholine rings is 1. The lowest BCUT2D eigenvalue weighted by Gasteiger charge is -2.36. The highest BCUT2D eigenvalue weighted by molar-refractivity contribution is 5.88. The van der Waals surface area contributed by atoms with Crippen molar-refractivity contribution in [1.29, 1.82) is 0 Å². The van der Waals surface area contributed by atoms with Crippen molar-refractivity contribution in [2.75, 3.05) is 23.3 Å². The molecule has 0 amide bonds. The van der Waals surface area contributed by atoms with E-state index in [1.54, 1.807) is 6.33 Å². The van der Waals surface area contributed by atoms with Crippen LogP contribution in [0.3, 0.4) is 0 Å². The minimum atomic E-state index is 0.230. The van der Waals surface area contributed by atoms with Gasteiger partial charge in [-0.25, -0.2) is 15.0 Å². The number of benzene rings is 1. The normalized spacial score (nSPS) is 20.3. The second-order valence-electron chi connectivity index (χ2n) is 6.78. The molecule has 6 nitrogen and oxygen atoms in total. The summed E-state index contributed by atoms with van der Waals surface area (Å²) in [6.07, 6.45) is 3.98. The van der Waals surface area contributed by atoms with Gasteiger partial charge in [-0.3, -0.25) is 0 Å². The van der Waals surface area contributed by atoms with Gasteiger partial charge in [-0.15, -0.1) is 0 Å². The van der Waals surface area contributed by atoms with E-state index in [9.17, 15) is 0 Å². The van der Waals surface area contributed by atoms with E-state index in [-0.39, 0.29) is 12.2 Å². The Labute approximate surface area is 153 Å². The number of rotatable bonds is 4. The van der Waals surface area contributed by atoms with Gasteiger partial charge in [0, 0.05) is 31.2 Å². The first-order valence-electron chi connectivity index (χ1n) is 8.98. The second kappa shape index (κ2) is 7.25. The molecule has 1 N–H and O–H groups in total. The van der Waals surface area contributed by atoms with Gasteiger partial charge < -0.3 is 15.0 Å². The number of nitrogens with zero attached hydrogens (tertiary/aromatic N) is 4. The molecule has 0 unspecified atom stereocenters. The van der Waals surface area contributed by atoms with Crippen molar-refractivity contribution < 1.29 is 4.74 Å². The summed E-state index contributed by atoms with van der Waals surface area (Å²) >= 11 is 0. The van der Waals surface area contributed by atoms with Crippen LogP contribution < -0.4 is 10.2 Å². The number of anilines is 2. The van der Waals surface area contributed by atoms with Gasteiger partial charge in [0.05, 0.1) is 17.7 Å². The third kappa shape index (κ3) is 3.60. The highest BCUT2D eigenvalue weighted by Gasteiger charge is 2.22. The maximum atomic E-state index is 5.79. The third-order valence-corrected chi connectivity index (χ3v) is 4.56. The van der Waals surface area contributed by atoms with E-state index in [0.717, 1.165) is 41.2 Å². The van der Waals surface area contributed by atoms with Gasteiger partial charge in [0.2, 0.25) is 0 Å². The number of hydrogen-bond donors (Lipinski definition) is 1. The monoisotopic (exact) mass is 349 g/mol. The Hall–Kier alpha value is -2.73. The van der Waals surface area contributed by atoms with Crippen LogP contribution in [0.1, 0.15) is 19.4 Å². The fourth-order valence-corrected chi connectivity index (χ4v) is 3.40. The maximum Gasteiger partial charge on any atom is 0.137 e. The Bertz CT molecular complexity index is 868. The predicted molar refractivity (Wildman–Crippen MR) is 103 cm³/mol. The van der Waals surface area contributed by atoms with Crippen LogP contribution in [0, 0.1) is 0 Å². The number of pyridine rings is 1. The van der Waals surface area contributed by atoms with Gasteiger partial charge in [-0.2, -0.15) is 0 Å². The standard InChI is InChI=1S/C20H23N5O/c1-14-11-25(12-15(2)26-14)19-8-7-16(9-21-19)10-22-20-17-5-3-4-6-18(17)23-13-24-20/h3-9,13-15H,10-12H2,1-2H3,(H,22,23,24)/t14-,15-/m0/s1. The highest BCUT2D eigenvalue weighted by Crippen LogP contribution is 2.21. The summed E-state index contributed by atoms with van der Waals surface area (Å²) in [5.74, 6) is 1.85. The van der Waals surface area contributed by atoms with Crippen LogP contribution in [0.15, 0.2) is 48.9 Å². The van der Waals surface area contributed by atoms with Crippen molar-refractivity contribution in [2.45, 2.75) is 32.6 Å². The lowest BCUT2D eigenvalue weighted by atomic mass is 10.2. The minimum absolute atomic E-state index is 0.230. The average Bonchev–Trinajstić information content (AvgIpc) is 2.66. The molecule has 26 heavy (non-hydrogen) atoms. The molecule has 0 bridgehead atoms. The van der Waals surface area contributed by atoms with Crippen molar-refractivity contribution in [3.63, 3.8) is 0 Å². The van der Waals surface area contributed by atoms with Crippen molar-refractivity contribution in [2.24, 2.45) is 0 Å². The van der Waals surface area contributed by atoms with Crippen molar-refractivity contribution >= 4 is 22.5 Å². The summed E-state index contributed by atoms with van der Waals surface area (Å²) < 4.78 is 5.79. The zero-order valence-corrected chi connectivity index (χ0v) is 15.1. The zero-order chi connectivity index (χ0) is 17.9. The summed E-state index contributed by atoms with van der Waals surface area (Å²) in [7, 11) is 0. The maximum absolute atomic E-state index is 5.79. The van der Waals surface area contributed by atoms with E-state index in [0.29, 0.717) is 6.54 Å². The molecule has 1 aromatic carbocycles. The minimum Gasteiger partial charge on any atom is -0.372 e. The van der Waals surface area contributed by atoms with E-state index in [1.165, 1.54) is 0 Å². The molecule has 3 heterocycles. The second-order valence-corrected chi connectivity index (χ2v) is 6.78. The fourth-order valence-electron chi connectivity index (χ4n) is 3.40. The van der Waals surface area contributed by atoms with Gasteiger partial charge in [-0.05, 0) is 37.6 Å². The van der Waals surface area contributed by atoms with Crippen molar-refractivity contribution in [3.05, 3.63) is 54.5 Å². The van der Waals surface area contributed by atoms with Crippen molar-refractivity contribution in [3.8, 4) is 0 Å². The van der Waals surface area contributed by atoms with E-state index < -0.39 is 0 Å². The molecule has 1 aliphatic rings. The lowest BCUT2D eigenvalue weighted by Crippen LogP contribution is -2.45. The van der Waals surface area contributed by atoms with Gasteiger partial charge in [0.15, 0.2) is 0 Å². The largest absolute Gasteiger partial charge is 0.372 e. The summed E-state index contributed by atoms with van der Waals surface area (Å²) in [5, 5.41) is 4.42. The number of ether oxygens (including phenoxy) is 1. The van der Waals surface area contributed by atoms with Crippen LogP contribution in [0.2, 0.25) is 0 Å². The van der Waals surface area contributed by atoms with Crippen LogP contribution >= 0.6 is 0 Å². The number of hydrogen-bond acceptors (Lipinski definition) is 6. The quantitative estimate of drug-likeness (QED) is 0.780.